The van der Waals surface area contributed by atoms with Crippen molar-refractivity contribution >= 4 is 38.8 Å². The molecule has 2 N–H and O–H groups in total. The van der Waals surface area contributed by atoms with E-state index in [0.717, 1.165) is 28.0 Å². The fraction of sp³-hybridized carbons (Fsp3) is 0.0870. The van der Waals surface area contributed by atoms with Crippen molar-refractivity contribution in [2.45, 2.75) is 6.92 Å². The second kappa shape index (κ2) is 6.25. The molecule has 0 saturated heterocycles. The number of nitrogen functional groups attached to an aromatic ring is 1. The molecule has 29 heavy (non-hydrogen) atoms. The molecule has 0 spiro atoms. The molecular formula is C23H16N2O3S. The van der Waals surface area contributed by atoms with Gasteiger partial charge in [-0.3, -0.25) is 9.59 Å². The molecule has 142 valence electrons. The number of benzene rings is 2. The number of carbonyl (C=O) groups is 2. The number of rotatable bonds is 3. The summed E-state index contributed by atoms with van der Waals surface area (Å²) in [6.07, 6.45) is 0. The SMILES string of the molecule is COc1ccc(-c2c3c(nc4sc(C(C)=O)c(N)c24)C(=O)c2ccccc2-3)cc1. The molecule has 2 heterocycles. The maximum absolute atomic E-state index is 13.1. The molecule has 5 nitrogen and oxygen atoms in total. The van der Waals surface area contributed by atoms with Crippen LogP contribution in [0.15, 0.2) is 48.5 Å². The third kappa shape index (κ3) is 2.42. The number of methoxy groups -OCH3 is 1. The number of nitrogens with zero attached hydrogens (tertiary/aromatic N) is 1. The molecule has 0 fully saturated rings. The normalized spacial score (nSPS) is 12.1. The number of anilines is 1. The molecule has 6 heteroatoms. The first-order valence-corrected chi connectivity index (χ1v) is 9.88. The summed E-state index contributed by atoms with van der Waals surface area (Å²) in [4.78, 5) is 30.9. The number of Topliss-reactive ketones (excluding diaryl/α,β-unsaturated/α-hetero) is 1. The van der Waals surface area contributed by atoms with E-state index in [1.165, 1.54) is 18.3 Å². The average molecular weight is 400 g/mol. The van der Waals surface area contributed by atoms with Gasteiger partial charge in [-0.15, -0.1) is 11.3 Å². The molecule has 0 bridgehead atoms. The van der Waals surface area contributed by atoms with E-state index in [9.17, 15) is 9.59 Å². The predicted molar refractivity (Wildman–Crippen MR) is 115 cm³/mol. The summed E-state index contributed by atoms with van der Waals surface area (Å²) < 4.78 is 5.28. The van der Waals surface area contributed by atoms with Gasteiger partial charge in [0.25, 0.3) is 0 Å². The van der Waals surface area contributed by atoms with E-state index in [2.05, 4.69) is 4.98 Å². The Kier molecular flexibility index (Phi) is 3.79. The van der Waals surface area contributed by atoms with Crippen molar-refractivity contribution in [2.24, 2.45) is 0 Å². The van der Waals surface area contributed by atoms with Crippen molar-refractivity contribution in [2.75, 3.05) is 12.8 Å². The number of nitrogens with two attached hydrogens (primary N) is 1. The second-order valence-electron chi connectivity index (χ2n) is 6.89. The number of hydrogen-bond acceptors (Lipinski definition) is 6. The Balaban J connectivity index is 1.95. The molecule has 1 aliphatic rings. The third-order valence-electron chi connectivity index (χ3n) is 5.23. The molecule has 2 aromatic heterocycles. The predicted octanol–water partition coefficient (Wildman–Crippen LogP) is 4.97. The van der Waals surface area contributed by atoms with Crippen molar-refractivity contribution < 1.29 is 14.3 Å². The van der Waals surface area contributed by atoms with Gasteiger partial charge in [0.15, 0.2) is 5.78 Å². The number of hydrogen-bond donors (Lipinski definition) is 1. The molecule has 1 aliphatic carbocycles. The van der Waals surface area contributed by atoms with Gasteiger partial charge in [0.2, 0.25) is 5.78 Å². The van der Waals surface area contributed by atoms with Crippen molar-refractivity contribution in [3.05, 3.63) is 64.7 Å². The molecule has 0 saturated carbocycles. The van der Waals surface area contributed by atoms with Crippen LogP contribution in [0.25, 0.3) is 32.5 Å². The zero-order valence-electron chi connectivity index (χ0n) is 15.8. The first-order valence-electron chi connectivity index (χ1n) is 9.06. The summed E-state index contributed by atoms with van der Waals surface area (Å²) in [5.41, 5.74) is 11.2. The van der Waals surface area contributed by atoms with Gasteiger partial charge in [-0.25, -0.2) is 4.98 Å². The van der Waals surface area contributed by atoms with E-state index < -0.39 is 0 Å². The van der Waals surface area contributed by atoms with Gasteiger partial charge in [0.05, 0.1) is 17.7 Å². The number of pyridine rings is 1. The third-order valence-corrected chi connectivity index (χ3v) is 6.43. The van der Waals surface area contributed by atoms with E-state index in [4.69, 9.17) is 10.5 Å². The number of aromatic nitrogens is 1. The Morgan fingerprint density at radius 1 is 1.03 bits per heavy atom. The van der Waals surface area contributed by atoms with Crippen LogP contribution in [-0.2, 0) is 0 Å². The molecule has 4 aromatic rings. The molecule has 0 amide bonds. The van der Waals surface area contributed by atoms with Gasteiger partial charge in [-0.1, -0.05) is 36.4 Å². The lowest BCUT2D eigenvalue weighted by Crippen LogP contribution is -2.00. The van der Waals surface area contributed by atoms with E-state index >= 15 is 0 Å². The summed E-state index contributed by atoms with van der Waals surface area (Å²) in [7, 11) is 1.61. The van der Waals surface area contributed by atoms with Crippen molar-refractivity contribution in [1.82, 2.24) is 4.98 Å². The zero-order valence-corrected chi connectivity index (χ0v) is 16.6. The highest BCUT2D eigenvalue weighted by Crippen LogP contribution is 2.49. The maximum Gasteiger partial charge on any atom is 0.212 e. The Morgan fingerprint density at radius 2 is 1.72 bits per heavy atom. The maximum atomic E-state index is 13.1. The van der Waals surface area contributed by atoms with Crippen LogP contribution in [0.5, 0.6) is 5.75 Å². The fourth-order valence-corrected chi connectivity index (χ4v) is 4.91. The van der Waals surface area contributed by atoms with Gasteiger partial charge in [0.1, 0.15) is 16.3 Å². The largest absolute Gasteiger partial charge is 0.497 e. The summed E-state index contributed by atoms with van der Waals surface area (Å²) in [5, 5.41) is 0.716. The number of thiophene rings is 1. The van der Waals surface area contributed by atoms with Crippen LogP contribution < -0.4 is 10.5 Å². The second-order valence-corrected chi connectivity index (χ2v) is 7.89. The number of carbonyl (C=O) groups excluding carboxylic acids is 2. The minimum Gasteiger partial charge on any atom is -0.497 e. The number of fused-ring (bicyclic) bond motifs is 4. The van der Waals surface area contributed by atoms with Gasteiger partial charge < -0.3 is 10.5 Å². The van der Waals surface area contributed by atoms with Gasteiger partial charge in [-0.05, 0) is 23.3 Å². The molecule has 5 rings (SSSR count). The first kappa shape index (κ1) is 17.6. The Hall–Kier alpha value is -3.51. The summed E-state index contributed by atoms with van der Waals surface area (Å²) in [6.45, 7) is 1.49. The number of ketones is 2. The van der Waals surface area contributed by atoms with E-state index in [0.29, 0.717) is 32.0 Å². The van der Waals surface area contributed by atoms with E-state index in [1.807, 2.05) is 48.5 Å². The fourth-order valence-electron chi connectivity index (χ4n) is 3.91. The molecular weight excluding hydrogens is 384 g/mol. The minimum atomic E-state index is -0.113. The molecule has 0 radical (unpaired) electrons. The van der Waals surface area contributed by atoms with E-state index in [1.54, 1.807) is 7.11 Å². The van der Waals surface area contributed by atoms with Crippen molar-refractivity contribution in [3.8, 4) is 28.0 Å². The topological polar surface area (TPSA) is 82.3 Å². The van der Waals surface area contributed by atoms with Crippen LogP contribution >= 0.6 is 11.3 Å². The van der Waals surface area contributed by atoms with Gasteiger partial charge in [-0.2, -0.15) is 0 Å². The zero-order chi connectivity index (χ0) is 20.3. The van der Waals surface area contributed by atoms with Crippen LogP contribution in [0.2, 0.25) is 0 Å². The highest BCUT2D eigenvalue weighted by molar-refractivity contribution is 7.21. The summed E-state index contributed by atoms with van der Waals surface area (Å²) in [5.74, 6) is 0.511. The lowest BCUT2D eigenvalue weighted by Gasteiger charge is -2.12. The summed E-state index contributed by atoms with van der Waals surface area (Å²) >= 11 is 1.23. The quantitative estimate of drug-likeness (QED) is 0.433. The van der Waals surface area contributed by atoms with Crippen molar-refractivity contribution in [1.29, 1.82) is 0 Å². The van der Waals surface area contributed by atoms with Gasteiger partial charge >= 0.3 is 0 Å². The smallest absolute Gasteiger partial charge is 0.212 e. The number of ether oxygens (including phenoxy) is 1. The standard InChI is InChI=1S/C23H16N2O3S/c1-11(26)22-19(24)18-16(12-7-9-13(28-2)10-8-12)17-14-5-3-4-6-15(14)21(27)20(17)25-23(18)29-22/h3-10H,24H2,1-2H3. The molecule has 0 aliphatic heterocycles. The lowest BCUT2D eigenvalue weighted by molar-refractivity contribution is 0.101. The Morgan fingerprint density at radius 3 is 2.38 bits per heavy atom. The van der Waals surface area contributed by atoms with Crippen LogP contribution in [0.4, 0.5) is 5.69 Å². The highest BCUT2D eigenvalue weighted by Gasteiger charge is 2.33. The Labute approximate surface area is 170 Å². The minimum absolute atomic E-state index is 0.108. The highest BCUT2D eigenvalue weighted by atomic mass is 32.1. The van der Waals surface area contributed by atoms with Crippen LogP contribution in [-0.4, -0.2) is 23.7 Å². The molecule has 2 aromatic carbocycles. The van der Waals surface area contributed by atoms with Crippen molar-refractivity contribution in [3.63, 3.8) is 0 Å². The monoisotopic (exact) mass is 400 g/mol. The summed E-state index contributed by atoms with van der Waals surface area (Å²) in [6, 6.07) is 15.1. The van der Waals surface area contributed by atoms with Crippen LogP contribution in [0.1, 0.15) is 32.6 Å². The van der Waals surface area contributed by atoms with Gasteiger partial charge in [0, 0.05) is 29.0 Å². The Bertz CT molecular complexity index is 1340. The van der Waals surface area contributed by atoms with Crippen LogP contribution in [0, 0.1) is 0 Å². The van der Waals surface area contributed by atoms with Crippen LogP contribution in [0.3, 0.4) is 0 Å². The average Bonchev–Trinajstić information content (AvgIpc) is 3.22. The molecule has 0 atom stereocenters. The van der Waals surface area contributed by atoms with E-state index in [-0.39, 0.29) is 11.6 Å². The first-order chi connectivity index (χ1) is 14.0. The molecule has 0 unspecified atom stereocenters. The lowest BCUT2D eigenvalue weighted by atomic mass is 9.93.